The van der Waals surface area contributed by atoms with E-state index in [-0.39, 0.29) is 0 Å². The first-order chi connectivity index (χ1) is 7.22. The number of nitrogens with two attached hydrogens (primary N) is 1. The molecule has 80 valence electrons. The Kier molecular flexibility index (Phi) is 2.86. The first-order valence-corrected chi connectivity index (χ1v) is 5.65. The Balaban J connectivity index is 2.17. The largest absolute Gasteiger partial charge is 0.389 e. The van der Waals surface area contributed by atoms with Gasteiger partial charge in [0.25, 0.3) is 0 Å². The van der Waals surface area contributed by atoms with Crippen LogP contribution in [0.5, 0.6) is 0 Å². The van der Waals surface area contributed by atoms with Gasteiger partial charge in [0, 0.05) is 24.3 Å². The van der Waals surface area contributed by atoms with E-state index >= 15 is 0 Å². The molecule has 0 aromatic carbocycles. The molecule has 0 atom stereocenters. The maximum Gasteiger partial charge on any atom is 0.128 e. The average Bonchev–Trinajstić information content (AvgIpc) is 3.04. The van der Waals surface area contributed by atoms with Crippen molar-refractivity contribution in [1.29, 1.82) is 0 Å². The second-order valence-corrected chi connectivity index (χ2v) is 4.23. The molecule has 0 amide bonds. The number of anilines is 1. The summed E-state index contributed by atoms with van der Waals surface area (Å²) in [6.07, 6.45) is 4.32. The monoisotopic (exact) mass is 221 g/mol. The van der Waals surface area contributed by atoms with Crippen LogP contribution in [0.2, 0.25) is 0 Å². The number of aromatic nitrogens is 1. The minimum absolute atomic E-state index is 0.406. The molecule has 0 saturated heterocycles. The third kappa shape index (κ3) is 2.26. The second-order valence-electron chi connectivity index (χ2n) is 3.79. The van der Waals surface area contributed by atoms with E-state index in [1.54, 1.807) is 6.20 Å². The van der Waals surface area contributed by atoms with E-state index in [0.29, 0.717) is 11.0 Å². The zero-order valence-corrected chi connectivity index (χ0v) is 9.63. The van der Waals surface area contributed by atoms with Crippen LogP contribution in [0.25, 0.3) is 0 Å². The molecule has 0 radical (unpaired) electrons. The number of hydrogen-bond acceptors (Lipinski definition) is 3. The van der Waals surface area contributed by atoms with Gasteiger partial charge in [0.1, 0.15) is 10.8 Å². The van der Waals surface area contributed by atoms with Crippen molar-refractivity contribution in [2.75, 3.05) is 11.4 Å². The van der Waals surface area contributed by atoms with Crippen LogP contribution in [0.4, 0.5) is 5.82 Å². The minimum Gasteiger partial charge on any atom is -0.389 e. The van der Waals surface area contributed by atoms with Gasteiger partial charge in [0.15, 0.2) is 0 Å². The molecule has 2 N–H and O–H groups in total. The van der Waals surface area contributed by atoms with Gasteiger partial charge in [-0.2, -0.15) is 0 Å². The van der Waals surface area contributed by atoms with Crippen molar-refractivity contribution in [2.24, 2.45) is 5.73 Å². The summed E-state index contributed by atoms with van der Waals surface area (Å²) in [7, 11) is 0. The number of pyridine rings is 1. The van der Waals surface area contributed by atoms with Crippen LogP contribution < -0.4 is 10.6 Å². The fourth-order valence-corrected chi connectivity index (χ4v) is 1.82. The molecule has 15 heavy (non-hydrogen) atoms. The van der Waals surface area contributed by atoms with Crippen LogP contribution in [0, 0.1) is 0 Å². The Hall–Kier alpha value is -1.16. The summed E-state index contributed by atoms with van der Waals surface area (Å²) in [5.41, 5.74) is 6.36. The van der Waals surface area contributed by atoms with Crippen LogP contribution in [-0.2, 0) is 0 Å². The van der Waals surface area contributed by atoms with Crippen molar-refractivity contribution < 1.29 is 0 Å². The smallest absolute Gasteiger partial charge is 0.128 e. The molecular weight excluding hydrogens is 206 g/mol. The lowest BCUT2D eigenvalue weighted by atomic mass is 10.3. The van der Waals surface area contributed by atoms with Gasteiger partial charge in [-0.1, -0.05) is 12.2 Å². The van der Waals surface area contributed by atoms with Gasteiger partial charge in [-0.25, -0.2) is 4.98 Å². The highest BCUT2D eigenvalue weighted by atomic mass is 32.1. The van der Waals surface area contributed by atoms with Gasteiger partial charge in [0.2, 0.25) is 0 Å². The summed E-state index contributed by atoms with van der Waals surface area (Å²) < 4.78 is 0. The molecule has 0 unspecified atom stereocenters. The van der Waals surface area contributed by atoms with Gasteiger partial charge >= 0.3 is 0 Å². The normalized spacial score (nSPS) is 15.0. The third-order valence-electron chi connectivity index (χ3n) is 2.65. The van der Waals surface area contributed by atoms with Crippen LogP contribution in [0.15, 0.2) is 18.3 Å². The molecule has 1 saturated carbocycles. The zero-order chi connectivity index (χ0) is 10.8. The Labute approximate surface area is 95.3 Å². The Morgan fingerprint density at radius 3 is 2.73 bits per heavy atom. The van der Waals surface area contributed by atoms with Crippen molar-refractivity contribution in [3.8, 4) is 0 Å². The van der Waals surface area contributed by atoms with E-state index in [0.717, 1.165) is 17.9 Å². The lowest BCUT2D eigenvalue weighted by Gasteiger charge is -2.21. The lowest BCUT2D eigenvalue weighted by Crippen LogP contribution is -2.26. The maximum absolute atomic E-state index is 5.52. The molecule has 4 heteroatoms. The first-order valence-electron chi connectivity index (χ1n) is 5.25. The lowest BCUT2D eigenvalue weighted by molar-refractivity contribution is 0.808. The van der Waals surface area contributed by atoms with E-state index in [4.69, 9.17) is 18.0 Å². The van der Waals surface area contributed by atoms with Gasteiger partial charge in [-0.3, -0.25) is 0 Å². The Morgan fingerprint density at radius 2 is 2.33 bits per heavy atom. The molecule has 1 aromatic rings. The molecule has 2 rings (SSSR count). The fourth-order valence-electron chi connectivity index (χ4n) is 1.70. The van der Waals surface area contributed by atoms with Crippen LogP contribution in [-0.4, -0.2) is 22.6 Å². The van der Waals surface area contributed by atoms with Gasteiger partial charge < -0.3 is 10.6 Å². The molecule has 0 bridgehead atoms. The Bertz CT molecular complexity index is 357. The molecule has 3 nitrogen and oxygen atoms in total. The highest BCUT2D eigenvalue weighted by Gasteiger charge is 2.28. The van der Waals surface area contributed by atoms with E-state index in [9.17, 15) is 0 Å². The quantitative estimate of drug-likeness (QED) is 0.786. The summed E-state index contributed by atoms with van der Waals surface area (Å²) in [6, 6.07) is 4.63. The van der Waals surface area contributed by atoms with Crippen LogP contribution in [0.1, 0.15) is 25.3 Å². The van der Waals surface area contributed by atoms with Crippen molar-refractivity contribution in [3.63, 3.8) is 0 Å². The molecule has 0 spiro atoms. The molecule has 1 heterocycles. The summed E-state index contributed by atoms with van der Waals surface area (Å²) in [5.74, 6) is 1.03. The second kappa shape index (κ2) is 4.14. The summed E-state index contributed by atoms with van der Waals surface area (Å²) in [6.45, 7) is 3.16. The van der Waals surface area contributed by atoms with Crippen molar-refractivity contribution in [1.82, 2.24) is 4.98 Å². The molecule has 1 aromatic heterocycles. The van der Waals surface area contributed by atoms with Crippen LogP contribution >= 0.6 is 12.2 Å². The number of rotatable bonds is 4. The standard InChI is InChI=1S/C11H15N3S/c1-2-14(9-4-5-9)10-6-3-8(7-13-10)11(12)15/h3,6-7,9H,2,4-5H2,1H3,(H2,12,15). The first kappa shape index (κ1) is 10.4. The Morgan fingerprint density at radius 1 is 1.60 bits per heavy atom. The van der Waals surface area contributed by atoms with Crippen molar-refractivity contribution in [2.45, 2.75) is 25.8 Å². The number of hydrogen-bond donors (Lipinski definition) is 1. The summed E-state index contributed by atoms with van der Waals surface area (Å²) >= 11 is 4.89. The average molecular weight is 221 g/mol. The predicted molar refractivity (Wildman–Crippen MR) is 66.2 cm³/mol. The van der Waals surface area contributed by atoms with Gasteiger partial charge in [-0.05, 0) is 31.9 Å². The molecule has 1 aliphatic rings. The summed E-state index contributed by atoms with van der Waals surface area (Å²) in [4.78, 5) is 7.12. The summed E-state index contributed by atoms with van der Waals surface area (Å²) in [5, 5.41) is 0. The predicted octanol–water partition coefficient (Wildman–Crippen LogP) is 1.70. The third-order valence-corrected chi connectivity index (χ3v) is 2.89. The maximum atomic E-state index is 5.52. The van der Waals surface area contributed by atoms with Gasteiger partial charge in [0.05, 0.1) is 0 Å². The van der Waals surface area contributed by atoms with E-state index in [1.807, 2.05) is 12.1 Å². The van der Waals surface area contributed by atoms with E-state index < -0.39 is 0 Å². The highest BCUT2D eigenvalue weighted by Crippen LogP contribution is 2.30. The molecular formula is C11H15N3S. The van der Waals surface area contributed by atoms with E-state index in [2.05, 4.69) is 16.8 Å². The number of nitrogens with zero attached hydrogens (tertiary/aromatic N) is 2. The van der Waals surface area contributed by atoms with Gasteiger partial charge in [-0.15, -0.1) is 0 Å². The minimum atomic E-state index is 0.406. The van der Waals surface area contributed by atoms with Crippen LogP contribution in [0.3, 0.4) is 0 Å². The molecule has 1 fully saturated rings. The SMILES string of the molecule is CCN(c1ccc(C(N)=S)cn1)C1CC1. The molecule has 0 aliphatic heterocycles. The fraction of sp³-hybridized carbons (Fsp3) is 0.455. The van der Waals surface area contributed by atoms with Crippen molar-refractivity contribution >= 4 is 23.0 Å². The topological polar surface area (TPSA) is 42.1 Å². The zero-order valence-electron chi connectivity index (χ0n) is 8.81. The van der Waals surface area contributed by atoms with E-state index in [1.165, 1.54) is 12.8 Å². The molecule has 1 aliphatic carbocycles. The number of thiocarbonyl (C=S) groups is 1. The highest BCUT2D eigenvalue weighted by molar-refractivity contribution is 7.80. The van der Waals surface area contributed by atoms with Crippen molar-refractivity contribution in [3.05, 3.63) is 23.9 Å².